The Kier molecular flexibility index (Phi) is 4.34. The number of benzene rings is 1. The summed E-state index contributed by atoms with van der Waals surface area (Å²) in [7, 11) is 0. The van der Waals surface area contributed by atoms with Crippen molar-refractivity contribution in [2.45, 2.75) is 31.7 Å². The van der Waals surface area contributed by atoms with Crippen LogP contribution in [0.2, 0.25) is 0 Å². The van der Waals surface area contributed by atoms with E-state index in [0.29, 0.717) is 12.8 Å². The van der Waals surface area contributed by atoms with Crippen LogP contribution >= 0.6 is 0 Å². The van der Waals surface area contributed by atoms with Crippen molar-refractivity contribution in [2.75, 3.05) is 5.32 Å². The number of hydrogen-bond donors (Lipinski definition) is 3. The summed E-state index contributed by atoms with van der Waals surface area (Å²) in [5, 5.41) is 11.4. The van der Waals surface area contributed by atoms with E-state index in [-0.39, 0.29) is 29.1 Å². The first-order valence-corrected chi connectivity index (χ1v) is 6.57. The van der Waals surface area contributed by atoms with Crippen molar-refractivity contribution in [1.29, 1.82) is 0 Å². The second kappa shape index (κ2) is 6.00. The van der Waals surface area contributed by atoms with E-state index in [4.69, 9.17) is 10.8 Å². The maximum absolute atomic E-state index is 13.7. The summed E-state index contributed by atoms with van der Waals surface area (Å²) in [5.74, 6) is -2.69. The molecule has 0 bridgehead atoms. The molecule has 0 aliphatic heterocycles. The van der Waals surface area contributed by atoms with Crippen LogP contribution in [0.4, 0.5) is 10.1 Å². The van der Waals surface area contributed by atoms with Gasteiger partial charge in [-0.15, -0.1) is 0 Å². The summed E-state index contributed by atoms with van der Waals surface area (Å²) in [6.07, 6.45) is 2.96. The number of rotatable bonds is 3. The molecule has 0 radical (unpaired) electrons. The smallest absolute Gasteiger partial charge is 0.337 e. The number of para-hydroxylation sites is 1. The van der Waals surface area contributed by atoms with E-state index in [1.165, 1.54) is 12.1 Å². The Labute approximate surface area is 116 Å². The molecule has 0 saturated heterocycles. The predicted octanol–water partition coefficient (Wildman–Crippen LogP) is 1.98. The van der Waals surface area contributed by atoms with Crippen LogP contribution in [0.15, 0.2) is 18.2 Å². The highest BCUT2D eigenvalue weighted by atomic mass is 19.1. The highest BCUT2D eigenvalue weighted by Gasteiger charge is 2.27. The molecule has 1 aromatic carbocycles. The fraction of sp³-hybridized carbons (Fsp3) is 0.429. The Morgan fingerprint density at radius 1 is 1.35 bits per heavy atom. The van der Waals surface area contributed by atoms with Crippen molar-refractivity contribution >= 4 is 17.6 Å². The Bertz CT molecular complexity index is 533. The first kappa shape index (κ1) is 14.5. The van der Waals surface area contributed by atoms with Crippen LogP contribution in [0.3, 0.4) is 0 Å². The zero-order chi connectivity index (χ0) is 14.7. The monoisotopic (exact) mass is 280 g/mol. The van der Waals surface area contributed by atoms with Crippen molar-refractivity contribution in [3.8, 4) is 0 Å². The lowest BCUT2D eigenvalue weighted by Gasteiger charge is -2.25. The Hall–Kier alpha value is -1.95. The summed E-state index contributed by atoms with van der Waals surface area (Å²) in [4.78, 5) is 23.2. The van der Waals surface area contributed by atoms with E-state index < -0.39 is 11.8 Å². The van der Waals surface area contributed by atoms with Gasteiger partial charge in [-0.25, -0.2) is 9.18 Å². The van der Waals surface area contributed by atoms with Crippen molar-refractivity contribution in [1.82, 2.24) is 0 Å². The highest BCUT2D eigenvalue weighted by Crippen LogP contribution is 2.26. The number of nitrogens with two attached hydrogens (primary N) is 1. The summed E-state index contributed by atoms with van der Waals surface area (Å²) in [6.45, 7) is 0. The molecule has 2 atom stereocenters. The lowest BCUT2D eigenvalue weighted by Crippen LogP contribution is -2.34. The van der Waals surface area contributed by atoms with Gasteiger partial charge in [0, 0.05) is 12.0 Å². The molecule has 1 fully saturated rings. The topological polar surface area (TPSA) is 92.4 Å². The normalized spacial score (nSPS) is 22.3. The van der Waals surface area contributed by atoms with Crippen LogP contribution in [0.5, 0.6) is 0 Å². The average Bonchev–Trinajstić information content (AvgIpc) is 2.40. The second-order valence-corrected chi connectivity index (χ2v) is 5.08. The molecule has 108 valence electrons. The van der Waals surface area contributed by atoms with Gasteiger partial charge in [-0.1, -0.05) is 12.5 Å². The molecular formula is C14H17FN2O3. The maximum Gasteiger partial charge on any atom is 0.337 e. The van der Waals surface area contributed by atoms with Crippen molar-refractivity contribution in [2.24, 2.45) is 11.7 Å². The standard InChI is InChI=1S/C14H17FN2O3/c15-11-6-2-5-10(14(19)20)12(11)17-13(18)8-3-1-4-9(16)7-8/h2,5-6,8-9H,1,3-4,7,16H2,(H,17,18)(H,19,20). The number of carbonyl (C=O) groups is 2. The first-order chi connectivity index (χ1) is 9.49. The van der Waals surface area contributed by atoms with Gasteiger partial charge in [0.15, 0.2) is 0 Å². The van der Waals surface area contributed by atoms with E-state index in [1.807, 2.05) is 0 Å². The third-order valence-electron chi connectivity index (χ3n) is 3.58. The van der Waals surface area contributed by atoms with E-state index >= 15 is 0 Å². The molecule has 1 amide bonds. The summed E-state index contributed by atoms with van der Waals surface area (Å²) >= 11 is 0. The number of carbonyl (C=O) groups excluding carboxylic acids is 1. The fourth-order valence-corrected chi connectivity index (χ4v) is 2.52. The molecule has 0 aromatic heterocycles. The molecule has 5 nitrogen and oxygen atoms in total. The van der Waals surface area contributed by atoms with E-state index in [0.717, 1.165) is 18.9 Å². The third-order valence-corrected chi connectivity index (χ3v) is 3.58. The van der Waals surface area contributed by atoms with Crippen LogP contribution in [-0.4, -0.2) is 23.0 Å². The van der Waals surface area contributed by atoms with Crippen LogP contribution in [0.25, 0.3) is 0 Å². The third kappa shape index (κ3) is 3.14. The van der Waals surface area contributed by atoms with Crippen LogP contribution in [0.1, 0.15) is 36.0 Å². The minimum absolute atomic E-state index is 0.0286. The summed E-state index contributed by atoms with van der Waals surface area (Å²) in [5.41, 5.74) is 5.29. The second-order valence-electron chi connectivity index (χ2n) is 5.08. The van der Waals surface area contributed by atoms with E-state index in [9.17, 15) is 14.0 Å². The van der Waals surface area contributed by atoms with Gasteiger partial charge < -0.3 is 16.2 Å². The van der Waals surface area contributed by atoms with Gasteiger partial charge in [0.05, 0.1) is 11.3 Å². The van der Waals surface area contributed by atoms with Gasteiger partial charge in [-0.05, 0) is 31.4 Å². The number of carboxylic acid groups (broad SMARTS) is 1. The van der Waals surface area contributed by atoms with Gasteiger partial charge in [-0.3, -0.25) is 4.79 Å². The molecular weight excluding hydrogens is 263 g/mol. The average molecular weight is 280 g/mol. The highest BCUT2D eigenvalue weighted by molar-refractivity contribution is 6.01. The molecule has 4 N–H and O–H groups in total. The number of nitrogens with one attached hydrogen (secondary N) is 1. The molecule has 6 heteroatoms. The summed E-state index contributed by atoms with van der Waals surface area (Å²) < 4.78 is 13.7. The lowest BCUT2D eigenvalue weighted by atomic mass is 9.85. The largest absolute Gasteiger partial charge is 0.478 e. The maximum atomic E-state index is 13.7. The number of carboxylic acids is 1. The van der Waals surface area contributed by atoms with Gasteiger partial charge in [0.2, 0.25) is 5.91 Å². The minimum atomic E-state index is -1.28. The molecule has 1 aliphatic rings. The number of hydrogen-bond acceptors (Lipinski definition) is 3. The lowest BCUT2D eigenvalue weighted by molar-refractivity contribution is -0.120. The number of anilines is 1. The van der Waals surface area contributed by atoms with Crippen molar-refractivity contribution in [3.63, 3.8) is 0 Å². The zero-order valence-corrected chi connectivity index (χ0v) is 10.9. The molecule has 1 saturated carbocycles. The SMILES string of the molecule is NC1CCCC(C(=O)Nc2c(F)cccc2C(=O)O)C1. The fourth-order valence-electron chi connectivity index (χ4n) is 2.52. The van der Waals surface area contributed by atoms with E-state index in [2.05, 4.69) is 5.32 Å². The zero-order valence-electron chi connectivity index (χ0n) is 10.9. The number of amides is 1. The molecule has 2 rings (SSSR count). The van der Waals surface area contributed by atoms with Crippen LogP contribution < -0.4 is 11.1 Å². The van der Waals surface area contributed by atoms with Crippen molar-refractivity contribution in [3.05, 3.63) is 29.6 Å². The number of halogens is 1. The van der Waals surface area contributed by atoms with Crippen LogP contribution in [0, 0.1) is 11.7 Å². The molecule has 1 aliphatic carbocycles. The predicted molar refractivity (Wildman–Crippen MR) is 71.9 cm³/mol. The first-order valence-electron chi connectivity index (χ1n) is 6.57. The number of aromatic carboxylic acids is 1. The molecule has 1 aromatic rings. The quantitative estimate of drug-likeness (QED) is 0.789. The molecule has 20 heavy (non-hydrogen) atoms. The van der Waals surface area contributed by atoms with Gasteiger partial charge >= 0.3 is 5.97 Å². The van der Waals surface area contributed by atoms with Gasteiger partial charge in [0.1, 0.15) is 5.82 Å². The Balaban J connectivity index is 2.17. The summed E-state index contributed by atoms with van der Waals surface area (Å²) in [6, 6.07) is 3.65. The minimum Gasteiger partial charge on any atom is -0.478 e. The molecule has 0 heterocycles. The van der Waals surface area contributed by atoms with Crippen LogP contribution in [-0.2, 0) is 4.79 Å². The van der Waals surface area contributed by atoms with Gasteiger partial charge in [0.25, 0.3) is 0 Å². The molecule has 2 unspecified atom stereocenters. The molecule has 0 spiro atoms. The Morgan fingerprint density at radius 3 is 2.75 bits per heavy atom. The van der Waals surface area contributed by atoms with Crippen molar-refractivity contribution < 1.29 is 19.1 Å². The van der Waals surface area contributed by atoms with Gasteiger partial charge in [-0.2, -0.15) is 0 Å². The van der Waals surface area contributed by atoms with E-state index in [1.54, 1.807) is 0 Å². The Morgan fingerprint density at radius 2 is 2.10 bits per heavy atom.